The molecule has 0 unspecified atom stereocenters. The van der Waals surface area contributed by atoms with Gasteiger partial charge in [0.25, 0.3) is 0 Å². The minimum Gasteiger partial charge on any atom is -0.502 e. The van der Waals surface area contributed by atoms with Gasteiger partial charge in [-0.25, -0.2) is 0 Å². The summed E-state index contributed by atoms with van der Waals surface area (Å²) in [5.41, 5.74) is 0.950. The van der Waals surface area contributed by atoms with Crippen LogP contribution in [0.4, 0.5) is 0 Å². The van der Waals surface area contributed by atoms with Crippen molar-refractivity contribution in [1.82, 2.24) is 15.5 Å². The number of aliphatic imine (C=N–C) groups is 1. The Bertz CT molecular complexity index is 641. The van der Waals surface area contributed by atoms with Gasteiger partial charge in [0.1, 0.15) is 0 Å². The third-order valence-electron chi connectivity index (χ3n) is 5.93. The molecular formula is C21H34N4O3. The predicted molar refractivity (Wildman–Crippen MR) is 111 cm³/mol. The fraction of sp³-hybridized carbons (Fsp3) is 0.667. The SMILES string of the molecule is CN=C(NCc1cc(OC)c(O)c(OC)c1)NC1CCN(C2CCCC2)CC1. The molecule has 156 valence electrons. The number of piperidine rings is 1. The highest BCUT2D eigenvalue weighted by Crippen LogP contribution is 2.37. The number of ether oxygens (including phenoxy) is 2. The van der Waals surface area contributed by atoms with Crippen LogP contribution in [0, 0.1) is 0 Å². The van der Waals surface area contributed by atoms with E-state index in [1.54, 1.807) is 19.2 Å². The van der Waals surface area contributed by atoms with E-state index < -0.39 is 0 Å². The van der Waals surface area contributed by atoms with Crippen LogP contribution in [0.2, 0.25) is 0 Å². The second kappa shape index (κ2) is 9.87. The maximum Gasteiger partial charge on any atom is 0.200 e. The first-order valence-corrected chi connectivity index (χ1v) is 10.3. The largest absolute Gasteiger partial charge is 0.502 e. The van der Waals surface area contributed by atoms with Crippen molar-refractivity contribution >= 4 is 5.96 Å². The maximum atomic E-state index is 10.0. The number of methoxy groups -OCH3 is 2. The van der Waals surface area contributed by atoms with Crippen molar-refractivity contribution in [3.63, 3.8) is 0 Å². The van der Waals surface area contributed by atoms with Gasteiger partial charge in [-0.05, 0) is 43.4 Å². The summed E-state index contributed by atoms with van der Waals surface area (Å²) in [6.45, 7) is 2.91. The Morgan fingerprint density at radius 2 is 1.71 bits per heavy atom. The van der Waals surface area contributed by atoms with E-state index in [1.807, 2.05) is 0 Å². The Morgan fingerprint density at radius 1 is 1.11 bits per heavy atom. The van der Waals surface area contributed by atoms with Gasteiger partial charge >= 0.3 is 0 Å². The fourth-order valence-corrected chi connectivity index (χ4v) is 4.30. The molecule has 1 aliphatic carbocycles. The van der Waals surface area contributed by atoms with E-state index >= 15 is 0 Å². The third kappa shape index (κ3) is 5.01. The molecule has 1 aromatic carbocycles. The van der Waals surface area contributed by atoms with E-state index in [0.29, 0.717) is 24.1 Å². The van der Waals surface area contributed by atoms with Gasteiger partial charge in [-0.15, -0.1) is 0 Å². The summed E-state index contributed by atoms with van der Waals surface area (Å²) in [6, 6.07) is 4.88. The van der Waals surface area contributed by atoms with Gasteiger partial charge in [-0.3, -0.25) is 4.99 Å². The van der Waals surface area contributed by atoms with Gasteiger partial charge in [0, 0.05) is 38.8 Å². The van der Waals surface area contributed by atoms with Gasteiger partial charge in [0.15, 0.2) is 17.5 Å². The number of likely N-dealkylation sites (tertiary alicyclic amines) is 1. The number of hydrogen-bond acceptors (Lipinski definition) is 5. The molecule has 3 rings (SSSR count). The average molecular weight is 391 g/mol. The van der Waals surface area contributed by atoms with Crippen molar-refractivity contribution in [2.75, 3.05) is 34.4 Å². The minimum atomic E-state index is 0.0188. The van der Waals surface area contributed by atoms with Crippen molar-refractivity contribution in [3.05, 3.63) is 17.7 Å². The highest BCUT2D eigenvalue weighted by Gasteiger charge is 2.27. The zero-order chi connectivity index (χ0) is 19.9. The van der Waals surface area contributed by atoms with Gasteiger partial charge < -0.3 is 30.1 Å². The number of benzene rings is 1. The molecule has 1 aliphatic heterocycles. The molecule has 1 heterocycles. The predicted octanol–water partition coefficient (Wildman–Crippen LogP) is 2.48. The summed E-state index contributed by atoms with van der Waals surface area (Å²) in [4.78, 5) is 7.04. The number of rotatable bonds is 6. The Labute approximate surface area is 168 Å². The monoisotopic (exact) mass is 390 g/mol. The highest BCUT2D eigenvalue weighted by molar-refractivity contribution is 5.80. The Morgan fingerprint density at radius 3 is 2.25 bits per heavy atom. The second-order valence-electron chi connectivity index (χ2n) is 7.67. The molecule has 7 nitrogen and oxygen atoms in total. The lowest BCUT2D eigenvalue weighted by atomic mass is 10.0. The third-order valence-corrected chi connectivity index (χ3v) is 5.93. The number of aromatic hydroxyl groups is 1. The molecule has 0 aromatic heterocycles. The lowest BCUT2D eigenvalue weighted by Gasteiger charge is -2.36. The quantitative estimate of drug-likeness (QED) is 0.512. The highest BCUT2D eigenvalue weighted by atomic mass is 16.5. The zero-order valence-corrected chi connectivity index (χ0v) is 17.3. The van der Waals surface area contributed by atoms with Gasteiger partial charge in [-0.2, -0.15) is 0 Å². The van der Waals surface area contributed by atoms with Crippen LogP contribution < -0.4 is 20.1 Å². The number of nitrogens with one attached hydrogen (secondary N) is 2. The summed E-state index contributed by atoms with van der Waals surface area (Å²) in [5.74, 6) is 1.62. The Balaban J connectivity index is 1.50. The smallest absolute Gasteiger partial charge is 0.200 e. The van der Waals surface area contributed by atoms with E-state index in [9.17, 15) is 5.11 Å². The summed E-state index contributed by atoms with van der Waals surface area (Å²) in [5, 5.41) is 17.0. The average Bonchev–Trinajstić information content (AvgIpc) is 3.27. The summed E-state index contributed by atoms with van der Waals surface area (Å²) in [7, 11) is 4.86. The number of hydrogen-bond donors (Lipinski definition) is 3. The Hall–Kier alpha value is -2.15. The zero-order valence-electron chi connectivity index (χ0n) is 17.3. The van der Waals surface area contributed by atoms with E-state index in [0.717, 1.165) is 30.4 Å². The number of phenols is 1. The van der Waals surface area contributed by atoms with Crippen LogP contribution in [0.1, 0.15) is 44.1 Å². The van der Waals surface area contributed by atoms with Crippen molar-refractivity contribution in [2.24, 2.45) is 4.99 Å². The molecule has 0 atom stereocenters. The van der Waals surface area contributed by atoms with Gasteiger partial charge in [0.05, 0.1) is 14.2 Å². The first-order valence-electron chi connectivity index (χ1n) is 10.3. The fourth-order valence-electron chi connectivity index (χ4n) is 4.30. The molecular weight excluding hydrogens is 356 g/mol. The van der Waals surface area contributed by atoms with Crippen LogP contribution in [0.15, 0.2) is 17.1 Å². The Kier molecular flexibility index (Phi) is 7.25. The molecule has 1 aromatic rings. The molecule has 28 heavy (non-hydrogen) atoms. The van der Waals surface area contributed by atoms with Crippen LogP contribution in [-0.4, -0.2) is 62.4 Å². The summed E-state index contributed by atoms with van der Waals surface area (Å²) in [6.07, 6.45) is 7.84. The molecule has 0 spiro atoms. The number of nitrogens with zero attached hydrogens (tertiary/aromatic N) is 2. The maximum absolute atomic E-state index is 10.0. The second-order valence-corrected chi connectivity index (χ2v) is 7.67. The standard InChI is InChI=1S/C21H34N4O3/c1-22-21(23-14-15-12-18(27-2)20(26)19(13-15)28-3)24-16-8-10-25(11-9-16)17-6-4-5-7-17/h12-13,16-17,26H,4-11,14H2,1-3H3,(H2,22,23,24). The normalized spacial score (nSPS) is 19.6. The van der Waals surface area contributed by atoms with Crippen LogP contribution in [-0.2, 0) is 6.54 Å². The van der Waals surface area contributed by atoms with Crippen molar-refractivity contribution in [2.45, 2.75) is 57.2 Å². The molecule has 0 radical (unpaired) electrons. The molecule has 2 aliphatic rings. The first kappa shape index (κ1) is 20.6. The molecule has 2 fully saturated rings. The van der Waals surface area contributed by atoms with Crippen LogP contribution in [0.25, 0.3) is 0 Å². The van der Waals surface area contributed by atoms with E-state index in [2.05, 4.69) is 20.5 Å². The van der Waals surface area contributed by atoms with Crippen LogP contribution in [0.3, 0.4) is 0 Å². The number of phenolic OH excluding ortho intramolecular Hbond substituents is 1. The van der Waals surface area contributed by atoms with Gasteiger partial charge in [0.2, 0.25) is 5.75 Å². The summed E-state index contributed by atoms with van der Waals surface area (Å²) >= 11 is 0. The number of guanidine groups is 1. The lowest BCUT2D eigenvalue weighted by Crippen LogP contribution is -2.50. The lowest BCUT2D eigenvalue weighted by molar-refractivity contribution is 0.150. The minimum absolute atomic E-state index is 0.0188. The van der Waals surface area contributed by atoms with E-state index in [4.69, 9.17) is 9.47 Å². The van der Waals surface area contributed by atoms with E-state index in [-0.39, 0.29) is 5.75 Å². The van der Waals surface area contributed by atoms with Crippen molar-refractivity contribution in [1.29, 1.82) is 0 Å². The van der Waals surface area contributed by atoms with Crippen LogP contribution >= 0.6 is 0 Å². The molecule has 7 heteroatoms. The van der Waals surface area contributed by atoms with Gasteiger partial charge in [-0.1, -0.05) is 12.8 Å². The van der Waals surface area contributed by atoms with Crippen LogP contribution in [0.5, 0.6) is 17.2 Å². The molecule has 0 amide bonds. The molecule has 1 saturated carbocycles. The first-order chi connectivity index (χ1) is 13.6. The molecule has 0 bridgehead atoms. The van der Waals surface area contributed by atoms with Crippen molar-refractivity contribution < 1.29 is 14.6 Å². The summed E-state index contributed by atoms with van der Waals surface area (Å²) < 4.78 is 10.5. The van der Waals surface area contributed by atoms with E-state index in [1.165, 1.54) is 53.0 Å². The topological polar surface area (TPSA) is 78.4 Å². The molecule has 3 N–H and O–H groups in total. The molecule has 1 saturated heterocycles. The van der Waals surface area contributed by atoms with Crippen molar-refractivity contribution in [3.8, 4) is 17.2 Å².